The van der Waals surface area contributed by atoms with E-state index in [1.54, 1.807) is 0 Å². The molecular formula is C12H19N5. The second-order valence-corrected chi connectivity index (χ2v) is 4.46. The first-order valence-electron chi connectivity index (χ1n) is 5.77. The quantitative estimate of drug-likeness (QED) is 0.866. The van der Waals surface area contributed by atoms with Crippen LogP contribution in [-0.2, 0) is 20.6 Å². The summed E-state index contributed by atoms with van der Waals surface area (Å²) in [5, 5.41) is 12.0. The van der Waals surface area contributed by atoms with Crippen LogP contribution in [0.4, 0.5) is 0 Å². The molecule has 0 saturated heterocycles. The average molecular weight is 233 g/mol. The molecule has 1 N–H and O–H groups in total. The van der Waals surface area contributed by atoms with Gasteiger partial charge in [-0.15, -0.1) is 0 Å². The summed E-state index contributed by atoms with van der Waals surface area (Å²) in [6, 6.07) is 0.295. The van der Waals surface area contributed by atoms with E-state index in [4.69, 9.17) is 0 Å². The van der Waals surface area contributed by atoms with Gasteiger partial charge in [0.25, 0.3) is 0 Å². The monoisotopic (exact) mass is 233 g/mol. The molecule has 0 bridgehead atoms. The zero-order valence-electron chi connectivity index (χ0n) is 10.8. The number of nitrogens with one attached hydrogen (secondary N) is 1. The lowest BCUT2D eigenvalue weighted by Crippen LogP contribution is -2.17. The van der Waals surface area contributed by atoms with Crippen molar-refractivity contribution in [1.82, 2.24) is 24.9 Å². The van der Waals surface area contributed by atoms with E-state index in [-0.39, 0.29) is 0 Å². The highest BCUT2D eigenvalue weighted by molar-refractivity contribution is 5.16. The third kappa shape index (κ3) is 2.74. The third-order valence-electron chi connectivity index (χ3n) is 2.94. The molecule has 1 atom stereocenters. The Bertz CT molecular complexity index is 497. The van der Waals surface area contributed by atoms with Crippen LogP contribution in [0.2, 0.25) is 0 Å². The normalized spacial score (nSPS) is 12.9. The first-order valence-corrected chi connectivity index (χ1v) is 5.77. The highest BCUT2D eigenvalue weighted by atomic mass is 15.3. The molecule has 0 radical (unpaired) electrons. The maximum atomic E-state index is 4.33. The summed E-state index contributed by atoms with van der Waals surface area (Å²) in [6.45, 7) is 5.00. The summed E-state index contributed by atoms with van der Waals surface area (Å²) in [4.78, 5) is 0. The van der Waals surface area contributed by atoms with E-state index in [0.717, 1.165) is 12.2 Å². The summed E-state index contributed by atoms with van der Waals surface area (Å²) in [6.07, 6.45) is 5.99. The predicted molar refractivity (Wildman–Crippen MR) is 66.4 cm³/mol. The van der Waals surface area contributed by atoms with Gasteiger partial charge in [0.05, 0.1) is 11.9 Å². The lowest BCUT2D eigenvalue weighted by molar-refractivity contribution is 0.572. The van der Waals surface area contributed by atoms with Crippen molar-refractivity contribution in [3.8, 4) is 0 Å². The molecule has 0 spiro atoms. The molecule has 17 heavy (non-hydrogen) atoms. The van der Waals surface area contributed by atoms with Crippen molar-refractivity contribution in [3.05, 3.63) is 35.4 Å². The van der Waals surface area contributed by atoms with E-state index in [2.05, 4.69) is 28.6 Å². The van der Waals surface area contributed by atoms with E-state index in [1.165, 1.54) is 11.1 Å². The Morgan fingerprint density at radius 2 is 2.06 bits per heavy atom. The van der Waals surface area contributed by atoms with Crippen LogP contribution in [0, 0.1) is 6.92 Å². The van der Waals surface area contributed by atoms with Crippen molar-refractivity contribution in [2.24, 2.45) is 14.1 Å². The first-order chi connectivity index (χ1) is 8.06. The fourth-order valence-corrected chi connectivity index (χ4v) is 1.87. The van der Waals surface area contributed by atoms with Crippen molar-refractivity contribution in [2.45, 2.75) is 26.4 Å². The largest absolute Gasteiger partial charge is 0.306 e. The minimum absolute atomic E-state index is 0.295. The van der Waals surface area contributed by atoms with E-state index >= 15 is 0 Å². The maximum Gasteiger partial charge on any atom is 0.0638 e. The summed E-state index contributed by atoms with van der Waals surface area (Å²) in [5.41, 5.74) is 3.52. The second kappa shape index (κ2) is 4.71. The van der Waals surface area contributed by atoms with Crippen LogP contribution >= 0.6 is 0 Å². The second-order valence-electron chi connectivity index (χ2n) is 4.46. The van der Waals surface area contributed by atoms with Crippen molar-refractivity contribution >= 4 is 0 Å². The Labute approximate surface area is 101 Å². The number of hydrogen-bond donors (Lipinski definition) is 1. The lowest BCUT2D eigenvalue weighted by atomic mass is 10.2. The average Bonchev–Trinajstić information content (AvgIpc) is 2.82. The standard InChI is InChI=1S/C12H19N5/c1-9(12-6-14-16(3)7-12)13-5-11-8-17(4)15-10(11)2/h6-9,13H,5H2,1-4H3. The fourth-order valence-electron chi connectivity index (χ4n) is 1.87. The number of aryl methyl sites for hydroxylation is 3. The molecule has 2 rings (SSSR count). The summed E-state index contributed by atoms with van der Waals surface area (Å²) in [5.74, 6) is 0. The molecule has 2 aromatic rings. The molecule has 0 aliphatic heterocycles. The molecule has 5 nitrogen and oxygen atoms in total. The summed E-state index contributed by atoms with van der Waals surface area (Å²) in [7, 11) is 3.88. The maximum absolute atomic E-state index is 4.33. The molecule has 0 aromatic carbocycles. The highest BCUT2D eigenvalue weighted by Gasteiger charge is 2.08. The predicted octanol–water partition coefficient (Wildman–Crippen LogP) is 1.31. The zero-order valence-corrected chi connectivity index (χ0v) is 10.8. The molecule has 0 aliphatic rings. The van der Waals surface area contributed by atoms with Crippen LogP contribution in [-0.4, -0.2) is 19.6 Å². The topological polar surface area (TPSA) is 47.7 Å². The van der Waals surface area contributed by atoms with Gasteiger partial charge < -0.3 is 5.32 Å². The first kappa shape index (κ1) is 11.9. The van der Waals surface area contributed by atoms with Crippen LogP contribution in [0.1, 0.15) is 29.8 Å². The van der Waals surface area contributed by atoms with Crippen LogP contribution in [0.3, 0.4) is 0 Å². The fraction of sp³-hybridized carbons (Fsp3) is 0.500. The van der Waals surface area contributed by atoms with Crippen LogP contribution in [0.5, 0.6) is 0 Å². The molecule has 2 heterocycles. The Balaban J connectivity index is 1.96. The lowest BCUT2D eigenvalue weighted by Gasteiger charge is -2.11. The van der Waals surface area contributed by atoms with Crippen molar-refractivity contribution in [3.63, 3.8) is 0 Å². The highest BCUT2D eigenvalue weighted by Crippen LogP contribution is 2.12. The summed E-state index contributed by atoms with van der Waals surface area (Å²) < 4.78 is 3.67. The van der Waals surface area contributed by atoms with E-state index < -0.39 is 0 Å². The van der Waals surface area contributed by atoms with Gasteiger partial charge in [0, 0.05) is 50.2 Å². The van der Waals surface area contributed by atoms with Gasteiger partial charge in [-0.2, -0.15) is 10.2 Å². The van der Waals surface area contributed by atoms with Crippen LogP contribution < -0.4 is 5.32 Å². The van der Waals surface area contributed by atoms with Crippen molar-refractivity contribution in [2.75, 3.05) is 0 Å². The van der Waals surface area contributed by atoms with E-state index in [0.29, 0.717) is 6.04 Å². The Hall–Kier alpha value is -1.62. The van der Waals surface area contributed by atoms with Gasteiger partial charge in [-0.1, -0.05) is 0 Å². The third-order valence-corrected chi connectivity index (χ3v) is 2.94. The minimum atomic E-state index is 0.295. The molecule has 0 saturated carbocycles. The molecular weight excluding hydrogens is 214 g/mol. The molecule has 0 fully saturated rings. The van der Waals surface area contributed by atoms with E-state index in [9.17, 15) is 0 Å². The molecule has 0 aliphatic carbocycles. The summed E-state index contributed by atoms with van der Waals surface area (Å²) >= 11 is 0. The van der Waals surface area contributed by atoms with Gasteiger partial charge in [0.2, 0.25) is 0 Å². The Morgan fingerprint density at radius 1 is 1.29 bits per heavy atom. The van der Waals surface area contributed by atoms with Gasteiger partial charge in [0.15, 0.2) is 0 Å². The number of nitrogens with zero attached hydrogens (tertiary/aromatic N) is 4. The van der Waals surface area contributed by atoms with E-state index in [1.807, 2.05) is 42.8 Å². The van der Waals surface area contributed by atoms with Gasteiger partial charge in [-0.25, -0.2) is 0 Å². The Kier molecular flexibility index (Phi) is 3.28. The van der Waals surface area contributed by atoms with Crippen LogP contribution in [0.15, 0.2) is 18.6 Å². The van der Waals surface area contributed by atoms with Gasteiger partial charge in [-0.05, 0) is 13.8 Å². The van der Waals surface area contributed by atoms with Gasteiger partial charge >= 0.3 is 0 Å². The molecule has 92 valence electrons. The molecule has 0 amide bonds. The zero-order chi connectivity index (χ0) is 12.4. The Morgan fingerprint density at radius 3 is 2.59 bits per heavy atom. The number of rotatable bonds is 4. The molecule has 2 aromatic heterocycles. The molecule has 5 heteroatoms. The molecule has 1 unspecified atom stereocenters. The van der Waals surface area contributed by atoms with Gasteiger partial charge in [-0.3, -0.25) is 9.36 Å². The van der Waals surface area contributed by atoms with Gasteiger partial charge in [0.1, 0.15) is 0 Å². The van der Waals surface area contributed by atoms with Crippen molar-refractivity contribution < 1.29 is 0 Å². The smallest absolute Gasteiger partial charge is 0.0638 e. The van der Waals surface area contributed by atoms with Crippen molar-refractivity contribution in [1.29, 1.82) is 0 Å². The van der Waals surface area contributed by atoms with Crippen LogP contribution in [0.25, 0.3) is 0 Å². The SMILES string of the molecule is Cc1nn(C)cc1CNC(C)c1cnn(C)c1. The minimum Gasteiger partial charge on any atom is -0.306 e. The number of aromatic nitrogens is 4. The number of hydrogen-bond acceptors (Lipinski definition) is 3.